The van der Waals surface area contributed by atoms with Gasteiger partial charge in [-0.3, -0.25) is 4.79 Å². The van der Waals surface area contributed by atoms with Gasteiger partial charge in [0.25, 0.3) is 5.56 Å². The van der Waals surface area contributed by atoms with Gasteiger partial charge < -0.3 is 5.32 Å². The summed E-state index contributed by atoms with van der Waals surface area (Å²) in [5, 5.41) is 9.43. The van der Waals surface area contributed by atoms with E-state index in [1.807, 2.05) is 0 Å². The molecule has 4 nitrogen and oxygen atoms in total. The molecule has 0 radical (unpaired) electrons. The van der Waals surface area contributed by atoms with Crippen LogP contribution < -0.4 is 10.9 Å². The van der Waals surface area contributed by atoms with Crippen LogP contribution in [-0.2, 0) is 0 Å². The molecule has 0 amide bonds. The number of aromatic amines is 1. The summed E-state index contributed by atoms with van der Waals surface area (Å²) in [5.41, 5.74) is 0.303. The second-order valence-electron chi connectivity index (χ2n) is 3.55. The number of hydrogen-bond donors (Lipinski definition) is 2. The van der Waals surface area contributed by atoms with Crippen LogP contribution in [-0.4, -0.2) is 16.2 Å². The van der Waals surface area contributed by atoms with Crippen LogP contribution in [0.15, 0.2) is 11.0 Å². The molecule has 1 fully saturated rings. The molecule has 1 saturated carbocycles. The second-order valence-corrected chi connectivity index (χ2v) is 3.93. The Morgan fingerprint density at radius 1 is 1.50 bits per heavy atom. The maximum atomic E-state index is 11.1. The van der Waals surface area contributed by atoms with Gasteiger partial charge in [-0.1, -0.05) is 24.4 Å². The molecule has 0 aliphatic heterocycles. The van der Waals surface area contributed by atoms with Crippen molar-refractivity contribution in [2.24, 2.45) is 0 Å². The first-order chi connectivity index (χ1) is 6.77. The van der Waals surface area contributed by atoms with Crippen LogP contribution in [0.5, 0.6) is 0 Å². The van der Waals surface area contributed by atoms with Crippen molar-refractivity contribution in [1.82, 2.24) is 10.2 Å². The second kappa shape index (κ2) is 4.00. The number of nitrogens with zero attached hydrogens (tertiary/aromatic N) is 1. The van der Waals surface area contributed by atoms with Crippen molar-refractivity contribution in [3.8, 4) is 0 Å². The highest BCUT2D eigenvalue weighted by Gasteiger charge is 2.16. The number of anilines is 1. The van der Waals surface area contributed by atoms with Crippen molar-refractivity contribution in [1.29, 1.82) is 0 Å². The summed E-state index contributed by atoms with van der Waals surface area (Å²) in [7, 11) is 0. The minimum Gasteiger partial charge on any atom is -0.380 e. The van der Waals surface area contributed by atoms with Gasteiger partial charge in [0.05, 0.1) is 11.9 Å². The topological polar surface area (TPSA) is 57.8 Å². The van der Waals surface area contributed by atoms with E-state index < -0.39 is 0 Å². The van der Waals surface area contributed by atoms with Crippen LogP contribution in [0.1, 0.15) is 25.7 Å². The highest BCUT2D eigenvalue weighted by Crippen LogP contribution is 2.24. The van der Waals surface area contributed by atoms with E-state index >= 15 is 0 Å². The van der Waals surface area contributed by atoms with Crippen LogP contribution in [0.4, 0.5) is 5.69 Å². The van der Waals surface area contributed by atoms with E-state index in [1.54, 1.807) is 6.20 Å². The zero-order valence-electron chi connectivity index (χ0n) is 7.72. The molecule has 0 saturated heterocycles. The first-order valence-electron chi connectivity index (χ1n) is 4.77. The molecular formula is C9H12ClN3O. The maximum absolute atomic E-state index is 11.1. The quantitative estimate of drug-likeness (QED) is 0.788. The van der Waals surface area contributed by atoms with Gasteiger partial charge in [0.1, 0.15) is 5.02 Å². The van der Waals surface area contributed by atoms with Crippen LogP contribution in [0, 0.1) is 0 Å². The van der Waals surface area contributed by atoms with Gasteiger partial charge in [-0.05, 0) is 12.8 Å². The lowest BCUT2D eigenvalue weighted by atomic mass is 10.2. The predicted octanol–water partition coefficient (Wildman–Crippen LogP) is 1.78. The molecule has 0 aromatic carbocycles. The van der Waals surface area contributed by atoms with E-state index in [-0.39, 0.29) is 10.6 Å². The molecular weight excluding hydrogens is 202 g/mol. The number of H-pyrrole nitrogens is 1. The number of aromatic nitrogens is 2. The molecule has 2 N–H and O–H groups in total. The third kappa shape index (κ3) is 1.90. The molecule has 0 atom stereocenters. The Morgan fingerprint density at radius 2 is 2.21 bits per heavy atom. The van der Waals surface area contributed by atoms with E-state index in [2.05, 4.69) is 15.5 Å². The van der Waals surface area contributed by atoms with E-state index in [0.29, 0.717) is 11.7 Å². The molecule has 76 valence electrons. The molecule has 14 heavy (non-hydrogen) atoms. The Balaban J connectivity index is 2.15. The summed E-state index contributed by atoms with van der Waals surface area (Å²) in [6.45, 7) is 0. The molecule has 2 rings (SSSR count). The van der Waals surface area contributed by atoms with E-state index in [9.17, 15) is 4.79 Å². The fourth-order valence-corrected chi connectivity index (χ4v) is 1.92. The van der Waals surface area contributed by atoms with E-state index in [0.717, 1.165) is 12.8 Å². The molecule has 1 aliphatic rings. The Labute approximate surface area is 86.7 Å². The van der Waals surface area contributed by atoms with Gasteiger partial charge in [-0.25, -0.2) is 5.10 Å². The molecule has 1 aromatic heterocycles. The molecule has 0 spiro atoms. The minimum atomic E-state index is -0.338. The van der Waals surface area contributed by atoms with Crippen LogP contribution in [0.25, 0.3) is 0 Å². The summed E-state index contributed by atoms with van der Waals surface area (Å²) in [4.78, 5) is 11.1. The van der Waals surface area contributed by atoms with Crippen molar-refractivity contribution in [3.05, 3.63) is 21.6 Å². The number of halogens is 1. The van der Waals surface area contributed by atoms with Crippen molar-refractivity contribution < 1.29 is 0 Å². The van der Waals surface area contributed by atoms with Crippen LogP contribution >= 0.6 is 11.6 Å². The van der Waals surface area contributed by atoms with Gasteiger partial charge in [0, 0.05) is 6.04 Å². The molecule has 1 aromatic rings. The highest BCUT2D eigenvalue weighted by molar-refractivity contribution is 6.32. The third-order valence-electron chi connectivity index (χ3n) is 2.51. The lowest BCUT2D eigenvalue weighted by Crippen LogP contribution is -2.18. The molecule has 5 heteroatoms. The fourth-order valence-electron chi connectivity index (χ4n) is 1.77. The van der Waals surface area contributed by atoms with Gasteiger partial charge in [0.2, 0.25) is 0 Å². The van der Waals surface area contributed by atoms with E-state index in [4.69, 9.17) is 11.6 Å². The minimum absolute atomic E-state index is 0.201. The predicted molar refractivity (Wildman–Crippen MR) is 55.7 cm³/mol. The molecule has 1 heterocycles. The van der Waals surface area contributed by atoms with Crippen LogP contribution in [0.3, 0.4) is 0 Å². The average molecular weight is 214 g/mol. The average Bonchev–Trinajstić information content (AvgIpc) is 2.66. The summed E-state index contributed by atoms with van der Waals surface area (Å²) >= 11 is 5.83. The van der Waals surface area contributed by atoms with Gasteiger partial charge in [-0.15, -0.1) is 0 Å². The maximum Gasteiger partial charge on any atom is 0.285 e. The molecule has 1 aliphatic carbocycles. The lowest BCUT2D eigenvalue weighted by Gasteiger charge is -2.13. The van der Waals surface area contributed by atoms with Gasteiger partial charge in [-0.2, -0.15) is 5.10 Å². The Bertz CT molecular complexity index is 371. The molecule has 0 unspecified atom stereocenters. The normalized spacial score (nSPS) is 17.2. The number of rotatable bonds is 2. The summed E-state index contributed by atoms with van der Waals surface area (Å²) in [6, 6.07) is 0.441. The largest absolute Gasteiger partial charge is 0.380 e. The summed E-state index contributed by atoms with van der Waals surface area (Å²) in [5.74, 6) is 0. The van der Waals surface area contributed by atoms with Crippen molar-refractivity contribution in [3.63, 3.8) is 0 Å². The van der Waals surface area contributed by atoms with Crippen molar-refractivity contribution in [2.75, 3.05) is 5.32 Å². The smallest absolute Gasteiger partial charge is 0.285 e. The first-order valence-corrected chi connectivity index (χ1v) is 5.15. The highest BCUT2D eigenvalue weighted by atomic mass is 35.5. The SMILES string of the molecule is O=c1[nH]ncc(NC2CCCC2)c1Cl. The zero-order chi connectivity index (χ0) is 9.97. The standard InChI is InChI=1S/C9H12ClN3O/c10-8-7(5-11-13-9(8)14)12-6-3-1-2-4-6/h5-6H,1-4H2,(H2,12,13,14). The van der Waals surface area contributed by atoms with Gasteiger partial charge >= 0.3 is 0 Å². The Kier molecular flexibility index (Phi) is 2.72. The summed E-state index contributed by atoms with van der Waals surface area (Å²) in [6.07, 6.45) is 6.33. The zero-order valence-corrected chi connectivity index (χ0v) is 8.47. The van der Waals surface area contributed by atoms with Crippen molar-refractivity contribution >= 4 is 17.3 Å². The lowest BCUT2D eigenvalue weighted by molar-refractivity contribution is 0.753. The molecule has 0 bridgehead atoms. The third-order valence-corrected chi connectivity index (χ3v) is 2.89. The number of hydrogen-bond acceptors (Lipinski definition) is 3. The van der Waals surface area contributed by atoms with Crippen molar-refractivity contribution in [2.45, 2.75) is 31.7 Å². The fraction of sp³-hybridized carbons (Fsp3) is 0.556. The summed E-state index contributed by atoms with van der Waals surface area (Å²) < 4.78 is 0. The van der Waals surface area contributed by atoms with Gasteiger partial charge in [0.15, 0.2) is 0 Å². The first kappa shape index (κ1) is 9.52. The monoisotopic (exact) mass is 213 g/mol. The van der Waals surface area contributed by atoms with E-state index in [1.165, 1.54) is 12.8 Å². The Hall–Kier alpha value is -1.03. The Morgan fingerprint density at radius 3 is 2.93 bits per heavy atom. The number of nitrogens with one attached hydrogen (secondary N) is 2. The van der Waals surface area contributed by atoms with Crippen LogP contribution in [0.2, 0.25) is 5.02 Å².